The van der Waals surface area contributed by atoms with Gasteiger partial charge in [0.25, 0.3) is 0 Å². The smallest absolute Gasteiger partial charge is 0.244 e. The predicted octanol–water partition coefficient (Wildman–Crippen LogP) is 1.59. The Morgan fingerprint density at radius 3 is 2.54 bits per heavy atom. The summed E-state index contributed by atoms with van der Waals surface area (Å²) in [5.41, 5.74) is 0. The SMILES string of the molecule is CCN1CCN(S(=O)(=O)c2cnc(OCCCOC)c(Br)c2)CC1. The van der Waals surface area contributed by atoms with Gasteiger partial charge in [-0.2, -0.15) is 4.31 Å². The molecular formula is C15H24BrN3O4S. The Hall–Kier alpha value is -0.740. The quantitative estimate of drug-likeness (QED) is 0.593. The predicted molar refractivity (Wildman–Crippen MR) is 94.8 cm³/mol. The van der Waals surface area contributed by atoms with Crippen molar-refractivity contribution in [2.75, 3.05) is 53.0 Å². The lowest BCUT2D eigenvalue weighted by Gasteiger charge is -2.33. The first kappa shape index (κ1) is 19.6. The van der Waals surface area contributed by atoms with Crippen molar-refractivity contribution in [2.24, 2.45) is 0 Å². The van der Waals surface area contributed by atoms with Gasteiger partial charge in [0.2, 0.25) is 15.9 Å². The molecule has 0 aliphatic carbocycles. The van der Waals surface area contributed by atoms with Crippen molar-refractivity contribution in [3.8, 4) is 5.88 Å². The topological polar surface area (TPSA) is 72.0 Å². The molecule has 0 aromatic carbocycles. The molecule has 2 heterocycles. The summed E-state index contributed by atoms with van der Waals surface area (Å²) in [7, 11) is -1.89. The van der Waals surface area contributed by atoms with Gasteiger partial charge in [-0.1, -0.05) is 6.92 Å². The maximum atomic E-state index is 12.7. The molecule has 1 aliphatic rings. The monoisotopic (exact) mass is 421 g/mol. The van der Waals surface area contributed by atoms with Crippen LogP contribution < -0.4 is 4.74 Å². The zero-order chi connectivity index (χ0) is 17.6. The average molecular weight is 422 g/mol. The van der Waals surface area contributed by atoms with Crippen LogP contribution in [0.4, 0.5) is 0 Å². The molecule has 0 bridgehead atoms. The first-order valence-electron chi connectivity index (χ1n) is 7.98. The Morgan fingerprint density at radius 2 is 1.96 bits per heavy atom. The number of sulfonamides is 1. The fourth-order valence-electron chi connectivity index (χ4n) is 2.46. The minimum absolute atomic E-state index is 0.184. The largest absolute Gasteiger partial charge is 0.477 e. The normalized spacial score (nSPS) is 17.1. The van der Waals surface area contributed by atoms with Crippen LogP contribution in [0.15, 0.2) is 21.6 Å². The van der Waals surface area contributed by atoms with Gasteiger partial charge in [-0.05, 0) is 28.5 Å². The molecule has 1 saturated heterocycles. The van der Waals surface area contributed by atoms with E-state index in [2.05, 4.69) is 32.7 Å². The number of aromatic nitrogens is 1. The maximum absolute atomic E-state index is 12.7. The molecule has 0 unspecified atom stereocenters. The molecule has 1 aromatic heterocycles. The van der Waals surface area contributed by atoms with E-state index in [9.17, 15) is 8.42 Å². The van der Waals surface area contributed by atoms with Crippen molar-refractivity contribution >= 4 is 26.0 Å². The molecular weight excluding hydrogens is 398 g/mol. The molecule has 2 rings (SSSR count). The van der Waals surface area contributed by atoms with Crippen LogP contribution >= 0.6 is 15.9 Å². The van der Waals surface area contributed by atoms with Gasteiger partial charge < -0.3 is 14.4 Å². The number of halogens is 1. The van der Waals surface area contributed by atoms with Crippen LogP contribution in [0, 0.1) is 0 Å². The highest BCUT2D eigenvalue weighted by atomic mass is 79.9. The molecule has 1 aliphatic heterocycles. The van der Waals surface area contributed by atoms with Crippen molar-refractivity contribution in [3.63, 3.8) is 0 Å². The molecule has 0 radical (unpaired) electrons. The number of piperazine rings is 1. The molecule has 136 valence electrons. The van der Waals surface area contributed by atoms with Gasteiger partial charge in [0.05, 0.1) is 17.3 Å². The highest BCUT2D eigenvalue weighted by Gasteiger charge is 2.28. The second kappa shape index (κ2) is 9.10. The molecule has 24 heavy (non-hydrogen) atoms. The van der Waals surface area contributed by atoms with E-state index in [-0.39, 0.29) is 4.90 Å². The number of nitrogens with zero attached hydrogens (tertiary/aromatic N) is 3. The summed E-state index contributed by atoms with van der Waals surface area (Å²) in [6.07, 6.45) is 2.10. The lowest BCUT2D eigenvalue weighted by Crippen LogP contribution is -2.48. The van der Waals surface area contributed by atoms with Crippen LogP contribution in [0.1, 0.15) is 13.3 Å². The minimum atomic E-state index is -3.52. The van der Waals surface area contributed by atoms with Crippen LogP contribution in [0.25, 0.3) is 0 Å². The van der Waals surface area contributed by atoms with Crippen molar-refractivity contribution < 1.29 is 17.9 Å². The van der Waals surface area contributed by atoms with Gasteiger partial charge in [0.15, 0.2) is 0 Å². The molecule has 0 atom stereocenters. The lowest BCUT2D eigenvalue weighted by atomic mass is 10.4. The number of pyridine rings is 1. The Labute approximate surface area is 152 Å². The van der Waals surface area contributed by atoms with Crippen molar-refractivity contribution in [1.29, 1.82) is 0 Å². The van der Waals surface area contributed by atoms with Gasteiger partial charge >= 0.3 is 0 Å². The maximum Gasteiger partial charge on any atom is 0.244 e. The molecule has 0 N–H and O–H groups in total. The highest BCUT2D eigenvalue weighted by Crippen LogP contribution is 2.27. The highest BCUT2D eigenvalue weighted by molar-refractivity contribution is 9.10. The number of likely N-dealkylation sites (N-methyl/N-ethyl adjacent to an activating group) is 1. The Balaban J connectivity index is 2.04. The van der Waals surface area contributed by atoms with Gasteiger partial charge in [-0.25, -0.2) is 13.4 Å². The zero-order valence-corrected chi connectivity index (χ0v) is 16.5. The first-order chi connectivity index (χ1) is 11.5. The second-order valence-electron chi connectivity index (χ2n) is 5.49. The van der Waals surface area contributed by atoms with E-state index in [1.165, 1.54) is 10.5 Å². The van der Waals surface area contributed by atoms with Gasteiger partial charge in [0.1, 0.15) is 4.90 Å². The van der Waals surface area contributed by atoms with Crippen LogP contribution in [0.5, 0.6) is 5.88 Å². The Morgan fingerprint density at radius 1 is 1.25 bits per heavy atom. The van der Waals surface area contributed by atoms with Crippen LogP contribution in [-0.2, 0) is 14.8 Å². The van der Waals surface area contributed by atoms with Gasteiger partial charge in [-0.3, -0.25) is 0 Å². The average Bonchev–Trinajstić information content (AvgIpc) is 2.59. The number of hydrogen-bond acceptors (Lipinski definition) is 6. The molecule has 0 amide bonds. The number of rotatable bonds is 8. The van der Waals surface area contributed by atoms with Crippen LogP contribution in [0.3, 0.4) is 0 Å². The van der Waals surface area contributed by atoms with Gasteiger partial charge in [-0.15, -0.1) is 0 Å². The standard InChI is InChI=1S/C15H24BrN3O4S/c1-3-18-5-7-19(8-6-18)24(20,21)13-11-14(16)15(17-12-13)23-10-4-9-22-2/h11-12H,3-10H2,1-2H3. The van der Waals surface area contributed by atoms with Crippen molar-refractivity contribution in [2.45, 2.75) is 18.2 Å². The summed E-state index contributed by atoms with van der Waals surface area (Å²) in [5, 5.41) is 0. The summed E-state index contributed by atoms with van der Waals surface area (Å²) in [4.78, 5) is 6.56. The fourth-order valence-corrected chi connectivity index (χ4v) is 4.47. The summed E-state index contributed by atoms with van der Waals surface area (Å²) in [6.45, 7) is 6.60. The van der Waals surface area contributed by atoms with E-state index in [0.29, 0.717) is 36.7 Å². The van der Waals surface area contributed by atoms with Gasteiger partial charge in [0, 0.05) is 46.3 Å². The Kier molecular flexibility index (Phi) is 7.42. The third kappa shape index (κ3) is 4.89. The van der Waals surface area contributed by atoms with E-state index in [1.54, 1.807) is 13.2 Å². The summed E-state index contributed by atoms with van der Waals surface area (Å²) < 4.78 is 38.0. The molecule has 1 aromatic rings. The van der Waals surface area contributed by atoms with E-state index in [1.807, 2.05) is 0 Å². The fraction of sp³-hybridized carbons (Fsp3) is 0.667. The lowest BCUT2D eigenvalue weighted by molar-refractivity contribution is 0.170. The zero-order valence-electron chi connectivity index (χ0n) is 14.1. The van der Waals surface area contributed by atoms with E-state index < -0.39 is 10.0 Å². The van der Waals surface area contributed by atoms with Crippen LogP contribution in [0.2, 0.25) is 0 Å². The molecule has 0 saturated carbocycles. The van der Waals surface area contributed by atoms with Crippen LogP contribution in [-0.4, -0.2) is 75.7 Å². The molecule has 0 spiro atoms. The molecule has 1 fully saturated rings. The third-order valence-electron chi connectivity index (χ3n) is 3.93. The summed E-state index contributed by atoms with van der Waals surface area (Å²) in [6, 6.07) is 1.56. The first-order valence-corrected chi connectivity index (χ1v) is 10.2. The Bertz CT molecular complexity index is 634. The summed E-state index contributed by atoms with van der Waals surface area (Å²) in [5.74, 6) is 0.390. The van der Waals surface area contributed by atoms with Crippen molar-refractivity contribution in [1.82, 2.24) is 14.2 Å². The number of ether oxygens (including phenoxy) is 2. The van der Waals surface area contributed by atoms with E-state index in [0.717, 1.165) is 26.1 Å². The van der Waals surface area contributed by atoms with E-state index >= 15 is 0 Å². The minimum Gasteiger partial charge on any atom is -0.477 e. The van der Waals surface area contributed by atoms with E-state index in [4.69, 9.17) is 9.47 Å². The summed E-state index contributed by atoms with van der Waals surface area (Å²) >= 11 is 3.34. The van der Waals surface area contributed by atoms with Crippen molar-refractivity contribution in [3.05, 3.63) is 16.7 Å². The number of methoxy groups -OCH3 is 1. The number of hydrogen-bond donors (Lipinski definition) is 0. The second-order valence-corrected chi connectivity index (χ2v) is 8.28. The molecule has 9 heteroatoms. The third-order valence-corrected chi connectivity index (χ3v) is 6.36. The molecule has 7 nitrogen and oxygen atoms in total.